The fourth-order valence-corrected chi connectivity index (χ4v) is 7.41. The van der Waals surface area contributed by atoms with Gasteiger partial charge in [-0.1, -0.05) is 18.9 Å². The lowest BCUT2D eigenvalue weighted by molar-refractivity contribution is 0.0878. The number of pyridine rings is 1. The molecule has 12 heteroatoms. The maximum absolute atomic E-state index is 16.8. The molecule has 3 aliphatic rings. The number of nitrogens with two attached hydrogens (primary N) is 1. The second kappa shape index (κ2) is 11.5. The zero-order valence-electron chi connectivity index (χ0n) is 25.6. The van der Waals surface area contributed by atoms with Gasteiger partial charge in [-0.15, -0.1) is 6.42 Å². The highest BCUT2D eigenvalue weighted by Gasteiger charge is 2.53. The van der Waals surface area contributed by atoms with E-state index in [0.717, 1.165) is 19.4 Å². The Kier molecular flexibility index (Phi) is 7.64. The summed E-state index contributed by atoms with van der Waals surface area (Å²) in [7, 11) is 0. The van der Waals surface area contributed by atoms with Crippen LogP contribution in [0.25, 0.3) is 32.9 Å². The third kappa shape index (κ3) is 4.88. The lowest BCUT2D eigenvalue weighted by atomic mass is 9.94. The van der Waals surface area contributed by atoms with Gasteiger partial charge in [0.1, 0.15) is 35.6 Å². The van der Waals surface area contributed by atoms with E-state index in [1.165, 1.54) is 29.3 Å². The number of terminal acetylenes is 1. The van der Waals surface area contributed by atoms with Gasteiger partial charge >= 0.3 is 6.01 Å². The van der Waals surface area contributed by atoms with Crippen molar-refractivity contribution >= 4 is 33.2 Å². The first-order valence-electron chi connectivity index (χ1n) is 15.5. The van der Waals surface area contributed by atoms with Gasteiger partial charge < -0.3 is 20.1 Å². The standard InChI is InChI=1S/C34H34F4N6O2/c1-4-22-25(35)7-6-20-12-21(39)13-23(27(20)22)29-28(37)30-24(15-40-29)32(43-10-11-45-16-18(2)31(43)38)42-33(41-30)46-17-34-8-5-9-44(34)19(3)26(36)14-34/h1,6-7,12-13,15,18-19,26,31H,5,8-11,14,16-17,39H2,2-3H3/t18?,19-,26?,31+,34-/m0/s1. The van der Waals surface area contributed by atoms with E-state index in [-0.39, 0.29) is 77.3 Å². The minimum absolute atomic E-state index is 0.0580. The SMILES string of the molecule is C#Cc1c(F)ccc2cc(N)cc(-c3ncc4c(N5CCOCC(C)[C@@H]5F)nc(OC[C@@]56CCCN5[C@@H](C)C(F)C6)nc4c3F)c12. The van der Waals surface area contributed by atoms with Crippen molar-refractivity contribution in [2.24, 2.45) is 5.92 Å². The molecule has 7 rings (SSSR count). The van der Waals surface area contributed by atoms with Crippen LogP contribution in [-0.2, 0) is 4.74 Å². The Morgan fingerprint density at radius 3 is 2.80 bits per heavy atom. The number of nitrogens with zero attached hydrogens (tertiary/aromatic N) is 5. The Morgan fingerprint density at radius 1 is 1.17 bits per heavy atom. The molecule has 2 unspecified atom stereocenters. The van der Waals surface area contributed by atoms with E-state index in [2.05, 4.69) is 25.8 Å². The first-order chi connectivity index (χ1) is 22.1. The third-order valence-electron chi connectivity index (χ3n) is 9.74. The van der Waals surface area contributed by atoms with Gasteiger partial charge in [-0.3, -0.25) is 9.88 Å². The highest BCUT2D eigenvalue weighted by atomic mass is 19.1. The lowest BCUT2D eigenvalue weighted by Crippen LogP contribution is -2.46. The number of hydrogen-bond donors (Lipinski definition) is 1. The van der Waals surface area contributed by atoms with Crippen LogP contribution in [0.2, 0.25) is 0 Å². The predicted octanol–water partition coefficient (Wildman–Crippen LogP) is 5.80. The summed E-state index contributed by atoms with van der Waals surface area (Å²) >= 11 is 0. The number of ether oxygens (including phenoxy) is 2. The summed E-state index contributed by atoms with van der Waals surface area (Å²) in [5.74, 6) is 0.450. The number of alkyl halides is 2. The number of halogens is 4. The number of anilines is 2. The molecule has 4 aromatic rings. The van der Waals surface area contributed by atoms with E-state index < -0.39 is 35.6 Å². The number of aromatic nitrogens is 3. The van der Waals surface area contributed by atoms with Crippen LogP contribution in [0.1, 0.15) is 38.7 Å². The zero-order chi connectivity index (χ0) is 32.3. The van der Waals surface area contributed by atoms with Crippen LogP contribution in [0, 0.1) is 29.9 Å². The van der Waals surface area contributed by atoms with E-state index in [4.69, 9.17) is 21.6 Å². The average Bonchev–Trinajstić information content (AvgIpc) is 3.49. The molecule has 46 heavy (non-hydrogen) atoms. The minimum atomic E-state index is -1.50. The normalized spacial score (nSPS) is 26.8. The van der Waals surface area contributed by atoms with Gasteiger partial charge in [0, 0.05) is 47.8 Å². The molecule has 5 atom stereocenters. The van der Waals surface area contributed by atoms with Gasteiger partial charge in [0.2, 0.25) is 0 Å². The van der Waals surface area contributed by atoms with Crippen LogP contribution in [0.3, 0.4) is 0 Å². The Bertz CT molecular complexity index is 1890. The van der Waals surface area contributed by atoms with E-state index in [1.807, 2.05) is 6.92 Å². The largest absolute Gasteiger partial charge is 0.461 e. The van der Waals surface area contributed by atoms with Crippen LogP contribution in [0.5, 0.6) is 6.01 Å². The Hall–Kier alpha value is -4.21. The van der Waals surface area contributed by atoms with Gasteiger partial charge in [-0.25, -0.2) is 17.6 Å². The predicted molar refractivity (Wildman–Crippen MR) is 168 cm³/mol. The molecule has 2 aromatic heterocycles. The molecule has 8 nitrogen and oxygen atoms in total. The fraction of sp³-hybridized carbons (Fsp3) is 0.441. The summed E-state index contributed by atoms with van der Waals surface area (Å²) in [6, 6.07) is 5.42. The molecule has 3 fully saturated rings. The van der Waals surface area contributed by atoms with Crippen molar-refractivity contribution in [3.05, 3.63) is 47.7 Å². The van der Waals surface area contributed by atoms with Crippen molar-refractivity contribution in [1.82, 2.24) is 19.9 Å². The van der Waals surface area contributed by atoms with E-state index in [0.29, 0.717) is 17.5 Å². The molecule has 0 radical (unpaired) electrons. The highest BCUT2D eigenvalue weighted by molar-refractivity contribution is 6.03. The number of rotatable bonds is 5. The number of nitrogen functional groups attached to an aromatic ring is 1. The quantitative estimate of drug-likeness (QED) is 0.128. The van der Waals surface area contributed by atoms with Crippen LogP contribution in [0.15, 0.2) is 30.5 Å². The Labute approximate surface area is 263 Å². The van der Waals surface area contributed by atoms with Crippen molar-refractivity contribution in [1.29, 1.82) is 0 Å². The molecule has 2 aromatic carbocycles. The van der Waals surface area contributed by atoms with Crippen molar-refractivity contribution in [2.45, 2.75) is 57.2 Å². The monoisotopic (exact) mass is 634 g/mol. The average molecular weight is 635 g/mol. The van der Waals surface area contributed by atoms with Crippen LogP contribution >= 0.6 is 0 Å². The summed E-state index contributed by atoms with van der Waals surface area (Å²) in [6.07, 6.45) is 6.49. The minimum Gasteiger partial charge on any atom is -0.461 e. The Balaban J connectivity index is 1.40. The van der Waals surface area contributed by atoms with Crippen molar-refractivity contribution in [3.8, 4) is 29.6 Å². The molecule has 0 spiro atoms. The number of benzene rings is 2. The maximum Gasteiger partial charge on any atom is 0.319 e. The molecule has 2 N–H and O–H groups in total. The summed E-state index contributed by atoms with van der Waals surface area (Å²) in [6.45, 7) is 5.00. The molecule has 240 valence electrons. The van der Waals surface area contributed by atoms with Gasteiger partial charge in [0.25, 0.3) is 0 Å². The molecule has 3 aliphatic heterocycles. The maximum atomic E-state index is 16.8. The Morgan fingerprint density at radius 2 is 2.00 bits per heavy atom. The van der Waals surface area contributed by atoms with Gasteiger partial charge in [0.05, 0.1) is 29.7 Å². The van der Waals surface area contributed by atoms with Crippen molar-refractivity contribution in [3.63, 3.8) is 0 Å². The molecule has 5 heterocycles. The summed E-state index contributed by atoms with van der Waals surface area (Å²) in [5, 5.41) is 0.933. The zero-order valence-corrected chi connectivity index (χ0v) is 25.6. The third-order valence-corrected chi connectivity index (χ3v) is 9.74. The highest BCUT2D eigenvalue weighted by Crippen LogP contribution is 2.44. The van der Waals surface area contributed by atoms with E-state index in [9.17, 15) is 8.78 Å². The second-order valence-electron chi connectivity index (χ2n) is 12.6. The second-order valence-corrected chi connectivity index (χ2v) is 12.6. The molecule has 0 aliphatic carbocycles. The summed E-state index contributed by atoms with van der Waals surface area (Å²) in [4.78, 5) is 17.0. The first-order valence-corrected chi connectivity index (χ1v) is 15.5. The van der Waals surface area contributed by atoms with Gasteiger partial charge in [-0.05, 0) is 49.9 Å². The summed E-state index contributed by atoms with van der Waals surface area (Å²) in [5.41, 5.74) is 5.71. The van der Waals surface area contributed by atoms with Crippen molar-refractivity contribution < 1.29 is 27.0 Å². The van der Waals surface area contributed by atoms with Gasteiger partial charge in [-0.2, -0.15) is 9.97 Å². The van der Waals surface area contributed by atoms with Crippen molar-refractivity contribution in [2.75, 3.05) is 43.5 Å². The van der Waals surface area contributed by atoms with Crippen LogP contribution < -0.4 is 15.4 Å². The van der Waals surface area contributed by atoms with Gasteiger partial charge in [0.15, 0.2) is 12.1 Å². The number of hydrogen-bond acceptors (Lipinski definition) is 8. The molecular formula is C34H34F4N6O2. The van der Waals surface area contributed by atoms with E-state index >= 15 is 8.78 Å². The first kappa shape index (κ1) is 30.4. The molecular weight excluding hydrogens is 600 g/mol. The fourth-order valence-electron chi connectivity index (χ4n) is 7.41. The molecule has 3 saturated heterocycles. The molecule has 0 bridgehead atoms. The molecule has 0 saturated carbocycles. The summed E-state index contributed by atoms with van der Waals surface area (Å²) < 4.78 is 74.1. The smallest absolute Gasteiger partial charge is 0.319 e. The van der Waals surface area contributed by atoms with Crippen LogP contribution in [0.4, 0.5) is 29.1 Å². The van der Waals surface area contributed by atoms with Crippen LogP contribution in [-0.4, -0.2) is 76.8 Å². The molecule has 0 amide bonds. The topological polar surface area (TPSA) is 89.6 Å². The lowest BCUT2D eigenvalue weighted by Gasteiger charge is -2.33. The number of fused-ring (bicyclic) bond motifs is 3. The van der Waals surface area contributed by atoms with E-state index in [1.54, 1.807) is 13.0 Å².